The van der Waals surface area contributed by atoms with Crippen LogP contribution in [0.1, 0.15) is 62.5 Å². The summed E-state index contributed by atoms with van der Waals surface area (Å²) in [6.07, 6.45) is 5.20. The average molecular weight is 466 g/mol. The normalized spacial score (nSPS) is 20.1. The molecule has 2 atom stereocenters. The van der Waals surface area contributed by atoms with E-state index in [9.17, 15) is 4.79 Å². The maximum Gasteiger partial charge on any atom is 0.243 e. The van der Waals surface area contributed by atoms with Crippen LogP contribution in [0.2, 0.25) is 0 Å². The zero-order valence-corrected chi connectivity index (χ0v) is 21.4. The van der Waals surface area contributed by atoms with Gasteiger partial charge in [0.05, 0.1) is 30.7 Å². The fourth-order valence-corrected chi connectivity index (χ4v) is 4.97. The lowest BCUT2D eigenvalue weighted by atomic mass is 9.86. The Labute approximate surface area is 203 Å². The number of rotatable bonds is 7. The maximum absolute atomic E-state index is 13.2. The van der Waals surface area contributed by atoms with Crippen LogP contribution in [-0.2, 0) is 22.4 Å². The predicted molar refractivity (Wildman–Crippen MR) is 137 cm³/mol. The third-order valence-electron chi connectivity index (χ3n) is 7.27. The van der Waals surface area contributed by atoms with E-state index in [1.807, 2.05) is 26.1 Å². The predicted octanol–water partition coefficient (Wildman–Crippen LogP) is 4.45. The zero-order chi connectivity index (χ0) is 24.2. The number of hydrogen-bond donors (Lipinski definition) is 1. The summed E-state index contributed by atoms with van der Waals surface area (Å²) in [5.41, 5.74) is 7.53. The quantitative estimate of drug-likeness (QED) is 0.613. The molecule has 34 heavy (non-hydrogen) atoms. The number of aromatic nitrogens is 2. The molecule has 7 nitrogen and oxygen atoms in total. The molecule has 2 aliphatic rings. The smallest absolute Gasteiger partial charge is 0.243 e. The van der Waals surface area contributed by atoms with E-state index in [4.69, 9.17) is 14.8 Å². The number of anilines is 1. The number of nitrogens with one attached hydrogen (secondary N) is 1. The largest absolute Gasteiger partial charge is 0.379 e. The minimum Gasteiger partial charge on any atom is -0.379 e. The monoisotopic (exact) mass is 465 g/mol. The van der Waals surface area contributed by atoms with Gasteiger partial charge >= 0.3 is 0 Å². The van der Waals surface area contributed by atoms with Crippen molar-refractivity contribution in [1.82, 2.24) is 15.1 Å². The van der Waals surface area contributed by atoms with Crippen molar-refractivity contribution in [3.05, 3.63) is 40.7 Å². The number of fused-ring (bicyclic) bond motifs is 1. The maximum atomic E-state index is 13.2. The third-order valence-corrected chi connectivity index (χ3v) is 7.27. The standard InChI is InChI=1S/C27H39N5O2/c1-6-7-24(26-22-16-18(2)8-11-23(22)29-30-26)28-25-17-21(10-9-19(25)3)31(5)27(33)20(4)32-12-14-34-15-13-32/h9-10,17-18,20H,6-8,11-16H2,1-5H3,(H,29,30). The minimum absolute atomic E-state index is 0.0878. The second kappa shape index (κ2) is 10.8. The van der Waals surface area contributed by atoms with Gasteiger partial charge in [-0.1, -0.05) is 26.3 Å². The van der Waals surface area contributed by atoms with Gasteiger partial charge in [0.25, 0.3) is 0 Å². The van der Waals surface area contributed by atoms with Crippen molar-refractivity contribution < 1.29 is 9.53 Å². The molecule has 2 unspecified atom stereocenters. The van der Waals surface area contributed by atoms with Crippen LogP contribution in [0.4, 0.5) is 11.4 Å². The van der Waals surface area contributed by atoms with Crippen molar-refractivity contribution in [3.63, 3.8) is 0 Å². The molecule has 1 N–H and O–H groups in total. The van der Waals surface area contributed by atoms with Crippen molar-refractivity contribution in [2.45, 2.75) is 65.8 Å². The van der Waals surface area contributed by atoms with Crippen LogP contribution >= 0.6 is 0 Å². The third kappa shape index (κ3) is 5.26. The molecule has 1 aliphatic carbocycles. The van der Waals surface area contributed by atoms with Crippen molar-refractivity contribution in [1.29, 1.82) is 0 Å². The molecule has 1 aromatic heterocycles. The van der Waals surface area contributed by atoms with Crippen LogP contribution < -0.4 is 4.90 Å². The fraction of sp³-hybridized carbons (Fsp3) is 0.593. The number of nitrogens with zero attached hydrogens (tertiary/aromatic N) is 4. The van der Waals surface area contributed by atoms with Crippen LogP contribution in [0.5, 0.6) is 0 Å². The second-order valence-corrected chi connectivity index (χ2v) is 9.88. The van der Waals surface area contributed by atoms with Gasteiger partial charge in [0.15, 0.2) is 0 Å². The molecule has 0 radical (unpaired) electrons. The van der Waals surface area contributed by atoms with Crippen LogP contribution in [0.3, 0.4) is 0 Å². The molecule has 7 heteroatoms. The van der Waals surface area contributed by atoms with Gasteiger partial charge < -0.3 is 9.64 Å². The summed E-state index contributed by atoms with van der Waals surface area (Å²) >= 11 is 0. The number of benzene rings is 1. The lowest BCUT2D eigenvalue weighted by Gasteiger charge is -2.33. The van der Waals surface area contributed by atoms with Crippen LogP contribution in [0.15, 0.2) is 23.2 Å². The van der Waals surface area contributed by atoms with Gasteiger partial charge in [-0.2, -0.15) is 5.10 Å². The SMILES string of the molecule is CCCC(=Nc1cc(N(C)C(=O)C(C)N2CCOCC2)ccc1C)c1n[nH]c2c1CC(C)CC2. The molecule has 1 saturated heterocycles. The summed E-state index contributed by atoms with van der Waals surface area (Å²) in [6, 6.07) is 5.92. The molecule has 0 bridgehead atoms. The number of aryl methyl sites for hydroxylation is 2. The number of carbonyl (C=O) groups is 1. The first kappa shape index (κ1) is 24.6. The van der Waals surface area contributed by atoms with Crippen LogP contribution in [0.25, 0.3) is 0 Å². The van der Waals surface area contributed by atoms with E-state index in [0.717, 1.165) is 67.1 Å². The first-order valence-electron chi connectivity index (χ1n) is 12.7. The number of morpholine rings is 1. The summed E-state index contributed by atoms with van der Waals surface area (Å²) in [5, 5.41) is 7.98. The Morgan fingerprint density at radius 1 is 1.35 bits per heavy atom. The molecule has 0 spiro atoms. The van der Waals surface area contributed by atoms with E-state index in [-0.39, 0.29) is 11.9 Å². The number of likely N-dealkylation sites (N-methyl/N-ethyl adjacent to an activating group) is 1. The molecule has 0 saturated carbocycles. The number of carbonyl (C=O) groups excluding carboxylic acids is 1. The Morgan fingerprint density at radius 3 is 2.85 bits per heavy atom. The average Bonchev–Trinajstić information content (AvgIpc) is 3.27. The van der Waals surface area contributed by atoms with Gasteiger partial charge in [0.1, 0.15) is 5.69 Å². The Bertz CT molecular complexity index is 1040. The molecule has 1 fully saturated rings. The van der Waals surface area contributed by atoms with E-state index < -0.39 is 0 Å². The molecular weight excluding hydrogens is 426 g/mol. The van der Waals surface area contributed by atoms with Crippen molar-refractivity contribution in [3.8, 4) is 0 Å². The summed E-state index contributed by atoms with van der Waals surface area (Å²) < 4.78 is 5.44. The van der Waals surface area contributed by atoms with Gasteiger partial charge in [0, 0.05) is 37.1 Å². The van der Waals surface area contributed by atoms with Crippen molar-refractivity contribution in [2.75, 3.05) is 38.3 Å². The van der Waals surface area contributed by atoms with Crippen LogP contribution in [-0.4, -0.2) is 66.1 Å². The van der Waals surface area contributed by atoms with E-state index in [1.165, 1.54) is 17.7 Å². The van der Waals surface area contributed by atoms with Gasteiger partial charge in [-0.15, -0.1) is 0 Å². The van der Waals surface area contributed by atoms with Gasteiger partial charge in [0.2, 0.25) is 5.91 Å². The Balaban J connectivity index is 1.61. The molecule has 2 aromatic rings. The molecule has 1 aliphatic heterocycles. The highest BCUT2D eigenvalue weighted by atomic mass is 16.5. The number of hydrogen-bond acceptors (Lipinski definition) is 5. The van der Waals surface area contributed by atoms with Gasteiger partial charge in [-0.05, 0) is 63.1 Å². The van der Waals surface area contributed by atoms with Crippen molar-refractivity contribution >= 4 is 23.0 Å². The highest BCUT2D eigenvalue weighted by Crippen LogP contribution is 2.30. The minimum atomic E-state index is -0.185. The second-order valence-electron chi connectivity index (χ2n) is 9.88. The number of ether oxygens (including phenoxy) is 1. The first-order valence-corrected chi connectivity index (χ1v) is 12.7. The van der Waals surface area contributed by atoms with Gasteiger partial charge in [-0.3, -0.25) is 19.8 Å². The number of aromatic amines is 1. The lowest BCUT2D eigenvalue weighted by Crippen LogP contribution is -2.50. The van der Waals surface area contributed by atoms with E-state index in [0.29, 0.717) is 19.1 Å². The summed E-state index contributed by atoms with van der Waals surface area (Å²) in [7, 11) is 1.86. The summed E-state index contributed by atoms with van der Waals surface area (Å²) in [5.74, 6) is 0.759. The molecule has 1 amide bonds. The Hall–Kier alpha value is -2.51. The molecule has 184 valence electrons. The molecular formula is C27H39N5O2. The van der Waals surface area contributed by atoms with Crippen LogP contribution in [0, 0.1) is 12.8 Å². The lowest BCUT2D eigenvalue weighted by molar-refractivity contribution is -0.124. The molecule has 2 heterocycles. The summed E-state index contributed by atoms with van der Waals surface area (Å²) in [4.78, 5) is 22.3. The fourth-order valence-electron chi connectivity index (χ4n) is 4.97. The molecule has 4 rings (SSSR count). The Kier molecular flexibility index (Phi) is 7.84. The van der Waals surface area contributed by atoms with E-state index in [1.54, 1.807) is 4.90 Å². The van der Waals surface area contributed by atoms with E-state index in [2.05, 4.69) is 36.8 Å². The van der Waals surface area contributed by atoms with Gasteiger partial charge in [-0.25, -0.2) is 0 Å². The number of H-pyrrole nitrogens is 1. The Morgan fingerprint density at radius 2 is 2.12 bits per heavy atom. The van der Waals surface area contributed by atoms with Crippen molar-refractivity contribution in [2.24, 2.45) is 10.9 Å². The highest BCUT2D eigenvalue weighted by molar-refractivity contribution is 6.02. The zero-order valence-electron chi connectivity index (χ0n) is 21.4. The number of aliphatic imine (C=N–C) groups is 1. The number of amides is 1. The topological polar surface area (TPSA) is 73.8 Å². The molecule has 1 aromatic carbocycles. The van der Waals surface area contributed by atoms with E-state index >= 15 is 0 Å². The highest BCUT2D eigenvalue weighted by Gasteiger charge is 2.27. The first-order chi connectivity index (χ1) is 16.4. The summed E-state index contributed by atoms with van der Waals surface area (Å²) in [6.45, 7) is 11.5.